The van der Waals surface area contributed by atoms with Crippen LogP contribution < -0.4 is 4.74 Å². The van der Waals surface area contributed by atoms with E-state index in [2.05, 4.69) is 0 Å². The molecule has 0 fully saturated rings. The molecule has 5 nitrogen and oxygen atoms in total. The normalized spacial score (nSPS) is 19.3. The Balaban J connectivity index is 2.06. The van der Waals surface area contributed by atoms with Gasteiger partial charge in [-0.1, -0.05) is 36.4 Å². The third-order valence-electron chi connectivity index (χ3n) is 4.17. The van der Waals surface area contributed by atoms with Crippen molar-refractivity contribution in [1.82, 2.24) is 0 Å². The summed E-state index contributed by atoms with van der Waals surface area (Å²) in [6, 6.07) is 12.4. The van der Waals surface area contributed by atoms with Crippen molar-refractivity contribution < 1.29 is 27.5 Å². The topological polar surface area (TPSA) is 69.6 Å². The van der Waals surface area contributed by atoms with E-state index >= 15 is 0 Å². The van der Waals surface area contributed by atoms with E-state index in [0.29, 0.717) is 22.4 Å². The Bertz CT molecular complexity index is 1030. The third-order valence-corrected chi connectivity index (χ3v) is 4.17. The zero-order valence-corrected chi connectivity index (χ0v) is 14.1. The number of rotatable bonds is 5. The van der Waals surface area contributed by atoms with Crippen molar-refractivity contribution >= 4 is 11.5 Å². The lowest BCUT2D eigenvalue weighted by atomic mass is 9.92. The number of hydrogen-bond acceptors (Lipinski definition) is 3. The highest BCUT2D eigenvalue weighted by molar-refractivity contribution is 5.85. The smallest absolute Gasteiger partial charge is 0.307 e. The number of carboxylic acids is 1. The van der Waals surface area contributed by atoms with Crippen LogP contribution in [0.4, 0.5) is 0 Å². The van der Waals surface area contributed by atoms with Crippen molar-refractivity contribution in [2.24, 2.45) is 0 Å². The first kappa shape index (κ1) is 11.9. The fourth-order valence-corrected chi connectivity index (χ4v) is 3.02. The van der Waals surface area contributed by atoms with Gasteiger partial charge in [0.15, 0.2) is 0 Å². The molecule has 0 saturated carbocycles. The third kappa shape index (κ3) is 4.31. The first-order chi connectivity index (χ1) is 14.8. The van der Waals surface area contributed by atoms with Crippen LogP contribution in [-0.4, -0.2) is 36.2 Å². The van der Waals surface area contributed by atoms with Gasteiger partial charge in [0.1, 0.15) is 12.4 Å². The SMILES string of the molecule is [2H]C([2H])([2H])[N+]([O-])(CCC=C1c2ccccc2COc2ccc(CC(=O)O)cc21)C([2H])([2H])[2H]. The molecule has 0 aromatic heterocycles. The van der Waals surface area contributed by atoms with Crippen molar-refractivity contribution in [3.63, 3.8) is 0 Å². The molecule has 0 aliphatic carbocycles. The molecule has 2 aromatic carbocycles. The van der Waals surface area contributed by atoms with Crippen LogP contribution in [0.3, 0.4) is 0 Å². The summed E-state index contributed by atoms with van der Waals surface area (Å²) in [7, 11) is 0. The molecule has 0 unspecified atom stereocenters. The van der Waals surface area contributed by atoms with Gasteiger partial charge in [-0.05, 0) is 34.4 Å². The number of nitrogens with zero attached hydrogens (tertiary/aromatic N) is 1. The summed E-state index contributed by atoms with van der Waals surface area (Å²) >= 11 is 0. The predicted molar refractivity (Wildman–Crippen MR) is 101 cm³/mol. The number of carboxylic acid groups (broad SMARTS) is 1. The Morgan fingerprint density at radius 1 is 1.31 bits per heavy atom. The van der Waals surface area contributed by atoms with Crippen LogP contribution >= 0.6 is 0 Å². The minimum atomic E-state index is -3.26. The Morgan fingerprint density at radius 3 is 2.88 bits per heavy atom. The van der Waals surface area contributed by atoms with Gasteiger partial charge >= 0.3 is 5.97 Å². The molecular weight excluding hydrogens is 330 g/mol. The van der Waals surface area contributed by atoms with Gasteiger partial charge in [0.25, 0.3) is 0 Å². The lowest BCUT2D eigenvalue weighted by molar-refractivity contribution is -0.839. The summed E-state index contributed by atoms with van der Waals surface area (Å²) in [5, 5.41) is 22.0. The Hall–Kier alpha value is -2.63. The molecule has 5 heteroatoms. The highest BCUT2D eigenvalue weighted by Gasteiger charge is 2.20. The van der Waals surface area contributed by atoms with Crippen molar-refractivity contribution in [3.8, 4) is 5.75 Å². The van der Waals surface area contributed by atoms with Crippen molar-refractivity contribution in [1.29, 1.82) is 0 Å². The molecule has 26 heavy (non-hydrogen) atoms. The number of fused-ring (bicyclic) bond motifs is 2. The van der Waals surface area contributed by atoms with Gasteiger partial charge in [-0.15, -0.1) is 0 Å². The second-order valence-corrected chi connectivity index (χ2v) is 6.22. The number of quaternary nitrogens is 1. The van der Waals surface area contributed by atoms with E-state index in [1.54, 1.807) is 24.3 Å². The highest BCUT2D eigenvalue weighted by Crippen LogP contribution is 2.37. The molecule has 1 N–H and O–H groups in total. The fraction of sp³-hybridized carbons (Fsp3) is 0.286. The van der Waals surface area contributed by atoms with E-state index in [-0.39, 0.29) is 19.4 Å². The molecule has 0 bridgehead atoms. The minimum Gasteiger partial charge on any atom is -0.633 e. The van der Waals surface area contributed by atoms with Crippen LogP contribution in [0.25, 0.3) is 5.57 Å². The second-order valence-electron chi connectivity index (χ2n) is 6.22. The molecule has 0 amide bonds. The lowest BCUT2D eigenvalue weighted by Crippen LogP contribution is -2.32. The van der Waals surface area contributed by atoms with E-state index in [1.165, 1.54) is 0 Å². The predicted octanol–water partition coefficient (Wildman–Crippen LogP) is 3.60. The molecule has 1 aliphatic rings. The van der Waals surface area contributed by atoms with Gasteiger partial charge in [-0.2, -0.15) is 0 Å². The summed E-state index contributed by atoms with van der Waals surface area (Å²) in [6.45, 7) is -6.93. The van der Waals surface area contributed by atoms with Gasteiger partial charge in [0.2, 0.25) is 0 Å². The van der Waals surface area contributed by atoms with E-state index in [4.69, 9.17) is 18.1 Å². The van der Waals surface area contributed by atoms with Crippen molar-refractivity contribution in [3.05, 3.63) is 76.0 Å². The van der Waals surface area contributed by atoms with E-state index < -0.39 is 31.1 Å². The number of aliphatic carboxylic acids is 1. The summed E-state index contributed by atoms with van der Waals surface area (Å²) in [6.07, 6.45) is 1.31. The molecule has 0 saturated heterocycles. The molecule has 1 heterocycles. The average Bonchev–Trinajstić information content (AvgIpc) is 2.83. The maximum Gasteiger partial charge on any atom is 0.307 e. The van der Waals surface area contributed by atoms with Gasteiger partial charge in [-0.3, -0.25) is 4.79 Å². The number of ether oxygens (including phenoxy) is 1. The van der Waals surface area contributed by atoms with Gasteiger partial charge in [0.05, 0.1) is 35.1 Å². The van der Waals surface area contributed by atoms with Crippen molar-refractivity contribution in [2.75, 3.05) is 20.5 Å². The number of benzene rings is 2. The molecule has 2 aromatic rings. The van der Waals surface area contributed by atoms with E-state index in [0.717, 1.165) is 11.1 Å². The molecular formula is C21H23NO4. The standard InChI is InChI=1S/C21H23NO4/c1-22(2,25)11-5-8-18-17-7-4-3-6-16(17)14-26-20-10-9-15(12-19(18)20)13-21(23)24/h3-4,6-10,12H,5,11,13-14H2,1-2H3,(H,23,24)/i1D3,2D3. The molecule has 0 spiro atoms. The summed E-state index contributed by atoms with van der Waals surface area (Å²) in [5.74, 6) is -0.481. The highest BCUT2D eigenvalue weighted by atomic mass is 16.5. The zero-order chi connectivity index (χ0) is 23.7. The van der Waals surface area contributed by atoms with E-state index in [1.807, 2.05) is 24.3 Å². The quantitative estimate of drug-likeness (QED) is 0.654. The molecule has 1 aliphatic heterocycles. The van der Waals surface area contributed by atoms with Gasteiger partial charge < -0.3 is 19.7 Å². The Morgan fingerprint density at radius 2 is 2.12 bits per heavy atom. The van der Waals surface area contributed by atoms with Crippen LogP contribution in [0.15, 0.2) is 48.5 Å². The second kappa shape index (κ2) is 7.32. The minimum absolute atomic E-state index is 0.119. The van der Waals surface area contributed by atoms with Gasteiger partial charge in [0, 0.05) is 12.0 Å². The number of hydrogen-bond donors (Lipinski definition) is 1. The van der Waals surface area contributed by atoms with Crippen LogP contribution in [0.2, 0.25) is 0 Å². The largest absolute Gasteiger partial charge is 0.633 e. The molecule has 3 rings (SSSR count). The summed E-state index contributed by atoms with van der Waals surface area (Å²) in [5.41, 5.74) is 3.40. The molecule has 0 radical (unpaired) electrons. The summed E-state index contributed by atoms with van der Waals surface area (Å²) < 4.78 is 48.4. The fourth-order valence-electron chi connectivity index (χ4n) is 3.02. The monoisotopic (exact) mass is 359 g/mol. The van der Waals surface area contributed by atoms with Crippen LogP contribution in [-0.2, 0) is 17.8 Å². The van der Waals surface area contributed by atoms with Crippen LogP contribution in [0, 0.1) is 5.21 Å². The van der Waals surface area contributed by atoms with Gasteiger partial charge in [-0.25, -0.2) is 0 Å². The maximum atomic E-state index is 12.8. The number of hydroxylamine groups is 3. The lowest BCUT2D eigenvalue weighted by Gasteiger charge is -2.33. The molecule has 136 valence electrons. The van der Waals surface area contributed by atoms with Crippen LogP contribution in [0.5, 0.6) is 5.75 Å². The number of carbonyl (C=O) groups is 1. The first-order valence-electron chi connectivity index (χ1n) is 11.2. The van der Waals surface area contributed by atoms with Crippen LogP contribution in [0.1, 0.15) is 36.9 Å². The average molecular weight is 359 g/mol. The Kier molecular flexibility index (Phi) is 3.34. The Labute approximate surface area is 161 Å². The van der Waals surface area contributed by atoms with Crippen molar-refractivity contribution in [2.45, 2.75) is 19.4 Å². The maximum absolute atomic E-state index is 12.8. The zero-order valence-electron chi connectivity index (χ0n) is 20.1. The van der Waals surface area contributed by atoms with E-state index in [9.17, 15) is 10.0 Å². The summed E-state index contributed by atoms with van der Waals surface area (Å²) in [4.78, 5) is 11.2. The molecule has 0 atom stereocenters. The first-order valence-corrected chi connectivity index (χ1v) is 8.19.